The van der Waals surface area contributed by atoms with Crippen LogP contribution in [0.3, 0.4) is 0 Å². The molecule has 2 unspecified atom stereocenters. The topological polar surface area (TPSA) is 56.0 Å². The van der Waals surface area contributed by atoms with Crippen LogP contribution < -0.4 is 5.32 Å². The lowest BCUT2D eigenvalue weighted by molar-refractivity contribution is 0.174. The lowest BCUT2D eigenvalue weighted by Crippen LogP contribution is -2.24. The van der Waals surface area contributed by atoms with Gasteiger partial charge < -0.3 is 10.4 Å². The number of benzene rings is 2. The molecule has 3 rings (SSSR count). The van der Waals surface area contributed by atoms with Crippen molar-refractivity contribution in [1.82, 2.24) is 5.32 Å². The van der Waals surface area contributed by atoms with Crippen LogP contribution in [0.25, 0.3) is 10.1 Å². The fraction of sp³-hybridized carbons (Fsp3) is 0.211. The fourth-order valence-electron chi connectivity index (χ4n) is 2.52. The van der Waals surface area contributed by atoms with Gasteiger partial charge in [-0.3, -0.25) is 0 Å². The second-order valence-electron chi connectivity index (χ2n) is 5.57. The molecule has 1 aromatic heterocycles. The minimum absolute atomic E-state index is 0.117. The van der Waals surface area contributed by atoms with Crippen LogP contribution in [-0.2, 0) is 0 Å². The first kappa shape index (κ1) is 15.7. The summed E-state index contributed by atoms with van der Waals surface area (Å²) in [5.74, 6) is 0. The van der Waals surface area contributed by atoms with Gasteiger partial charge in [0, 0.05) is 22.2 Å². The Morgan fingerprint density at radius 3 is 2.61 bits per heavy atom. The highest BCUT2D eigenvalue weighted by Crippen LogP contribution is 2.29. The van der Waals surface area contributed by atoms with Crippen LogP contribution in [0.4, 0.5) is 0 Å². The van der Waals surface area contributed by atoms with Gasteiger partial charge >= 0.3 is 0 Å². The summed E-state index contributed by atoms with van der Waals surface area (Å²) in [5, 5.41) is 23.8. The lowest BCUT2D eigenvalue weighted by Gasteiger charge is -2.17. The van der Waals surface area contributed by atoms with Crippen molar-refractivity contribution in [1.29, 1.82) is 5.26 Å². The highest BCUT2D eigenvalue weighted by Gasteiger charge is 2.13. The molecule has 2 aromatic carbocycles. The molecule has 0 aliphatic carbocycles. The smallest absolute Gasteiger partial charge is 0.101 e. The van der Waals surface area contributed by atoms with E-state index in [1.807, 2.05) is 36.4 Å². The summed E-state index contributed by atoms with van der Waals surface area (Å²) in [4.78, 5) is 0.978. The van der Waals surface area contributed by atoms with Gasteiger partial charge in [-0.2, -0.15) is 5.26 Å². The van der Waals surface area contributed by atoms with Gasteiger partial charge in [-0.25, -0.2) is 0 Å². The Bertz CT molecular complexity index is 799. The maximum atomic E-state index is 10.4. The van der Waals surface area contributed by atoms with Gasteiger partial charge in [-0.1, -0.05) is 30.3 Å². The Labute approximate surface area is 139 Å². The molecule has 4 heteroatoms. The third-order valence-electron chi connectivity index (χ3n) is 3.93. The van der Waals surface area contributed by atoms with Crippen molar-refractivity contribution in [2.45, 2.75) is 19.1 Å². The first-order valence-corrected chi connectivity index (χ1v) is 8.39. The molecule has 3 aromatic rings. The van der Waals surface area contributed by atoms with Crippen molar-refractivity contribution in [3.63, 3.8) is 0 Å². The van der Waals surface area contributed by atoms with E-state index in [4.69, 9.17) is 5.26 Å². The zero-order chi connectivity index (χ0) is 16.2. The molecule has 0 aliphatic heterocycles. The number of rotatable bonds is 5. The zero-order valence-corrected chi connectivity index (χ0v) is 13.7. The minimum Gasteiger partial charge on any atom is -0.386 e. The van der Waals surface area contributed by atoms with E-state index in [0.29, 0.717) is 12.1 Å². The summed E-state index contributed by atoms with van der Waals surface area (Å²) in [6.45, 7) is 2.55. The van der Waals surface area contributed by atoms with E-state index in [2.05, 4.69) is 36.5 Å². The number of nitrogens with zero attached hydrogens (tertiary/aromatic N) is 1. The molecular weight excluding hydrogens is 304 g/mol. The normalized spacial score (nSPS) is 13.6. The Balaban J connectivity index is 1.63. The summed E-state index contributed by atoms with van der Waals surface area (Å²) >= 11 is 1.63. The number of fused-ring (bicyclic) bond motifs is 1. The van der Waals surface area contributed by atoms with Crippen LogP contribution in [0.1, 0.15) is 35.1 Å². The number of hydrogen-bond acceptors (Lipinski definition) is 4. The molecule has 0 saturated heterocycles. The quantitative estimate of drug-likeness (QED) is 0.741. The van der Waals surface area contributed by atoms with E-state index in [1.165, 1.54) is 10.1 Å². The molecular formula is C19H18N2OS. The molecule has 116 valence electrons. The number of aliphatic hydroxyl groups is 1. The predicted molar refractivity (Wildman–Crippen MR) is 94.4 cm³/mol. The SMILES string of the molecule is CC(NCC(O)c1cc2ccccc2s1)c1ccc(C#N)cc1. The van der Waals surface area contributed by atoms with E-state index in [-0.39, 0.29) is 6.04 Å². The molecule has 1 heterocycles. The first-order valence-electron chi connectivity index (χ1n) is 7.57. The second-order valence-corrected chi connectivity index (χ2v) is 6.68. The van der Waals surface area contributed by atoms with E-state index in [0.717, 1.165) is 10.4 Å². The van der Waals surface area contributed by atoms with Gasteiger partial charge in [-0.05, 0) is 42.1 Å². The highest BCUT2D eigenvalue weighted by molar-refractivity contribution is 7.19. The lowest BCUT2D eigenvalue weighted by atomic mass is 10.1. The molecule has 3 nitrogen and oxygen atoms in total. The van der Waals surface area contributed by atoms with Crippen molar-refractivity contribution in [3.8, 4) is 6.07 Å². The van der Waals surface area contributed by atoms with E-state index >= 15 is 0 Å². The number of hydrogen-bond donors (Lipinski definition) is 2. The zero-order valence-electron chi connectivity index (χ0n) is 12.9. The molecule has 0 spiro atoms. The van der Waals surface area contributed by atoms with Gasteiger partial charge in [0.25, 0.3) is 0 Å². The van der Waals surface area contributed by atoms with Gasteiger partial charge in [0.15, 0.2) is 0 Å². The van der Waals surface area contributed by atoms with Crippen molar-refractivity contribution < 1.29 is 5.11 Å². The van der Waals surface area contributed by atoms with Gasteiger partial charge in [0.1, 0.15) is 6.10 Å². The Morgan fingerprint density at radius 1 is 1.17 bits per heavy atom. The Hall–Kier alpha value is -2.19. The fourth-order valence-corrected chi connectivity index (χ4v) is 3.57. The molecule has 23 heavy (non-hydrogen) atoms. The molecule has 0 saturated carbocycles. The van der Waals surface area contributed by atoms with Crippen LogP contribution >= 0.6 is 11.3 Å². The average Bonchev–Trinajstić information content (AvgIpc) is 3.03. The maximum Gasteiger partial charge on any atom is 0.101 e. The first-order chi connectivity index (χ1) is 11.2. The summed E-state index contributed by atoms with van der Waals surface area (Å²) < 4.78 is 1.20. The second kappa shape index (κ2) is 6.93. The van der Waals surface area contributed by atoms with Gasteiger partial charge in [0.2, 0.25) is 0 Å². The van der Waals surface area contributed by atoms with Crippen molar-refractivity contribution in [3.05, 3.63) is 70.6 Å². The number of nitrogens with one attached hydrogen (secondary N) is 1. The van der Waals surface area contributed by atoms with E-state index in [9.17, 15) is 5.11 Å². The molecule has 0 aliphatic rings. The summed E-state index contributed by atoms with van der Waals surface area (Å²) in [5.41, 5.74) is 1.76. The predicted octanol–water partition coefficient (Wildman–Crippen LogP) is 4.16. The minimum atomic E-state index is -0.520. The van der Waals surface area contributed by atoms with Crippen molar-refractivity contribution in [2.24, 2.45) is 0 Å². The average molecular weight is 322 g/mol. The summed E-state index contributed by atoms with van der Waals surface area (Å²) in [6.07, 6.45) is -0.520. The molecule has 0 bridgehead atoms. The van der Waals surface area contributed by atoms with Crippen LogP contribution in [0, 0.1) is 11.3 Å². The van der Waals surface area contributed by atoms with Crippen LogP contribution in [0.2, 0.25) is 0 Å². The standard InChI is InChI=1S/C19H18N2OS/c1-13(15-8-6-14(11-20)7-9-15)21-12-17(22)19-10-16-4-2-3-5-18(16)23-19/h2-10,13,17,21-22H,12H2,1H3. The summed E-state index contributed by atoms with van der Waals surface area (Å²) in [6, 6.07) is 20.0. The molecule has 2 N–H and O–H groups in total. The van der Waals surface area contributed by atoms with Crippen LogP contribution in [0.5, 0.6) is 0 Å². The third-order valence-corrected chi connectivity index (χ3v) is 5.15. The summed E-state index contributed by atoms with van der Waals surface area (Å²) in [7, 11) is 0. The molecule has 0 amide bonds. The van der Waals surface area contributed by atoms with Crippen molar-refractivity contribution >= 4 is 21.4 Å². The van der Waals surface area contributed by atoms with Crippen molar-refractivity contribution in [2.75, 3.05) is 6.54 Å². The van der Waals surface area contributed by atoms with E-state index < -0.39 is 6.10 Å². The monoisotopic (exact) mass is 322 g/mol. The third kappa shape index (κ3) is 3.59. The largest absolute Gasteiger partial charge is 0.386 e. The maximum absolute atomic E-state index is 10.4. The molecule has 0 radical (unpaired) electrons. The van der Waals surface area contributed by atoms with Gasteiger partial charge in [0.05, 0.1) is 11.6 Å². The number of aliphatic hydroxyl groups excluding tert-OH is 1. The molecule has 2 atom stereocenters. The van der Waals surface area contributed by atoms with Gasteiger partial charge in [-0.15, -0.1) is 11.3 Å². The van der Waals surface area contributed by atoms with Crippen LogP contribution in [0.15, 0.2) is 54.6 Å². The molecule has 0 fully saturated rings. The van der Waals surface area contributed by atoms with E-state index in [1.54, 1.807) is 11.3 Å². The number of thiophene rings is 1. The Kier molecular flexibility index (Phi) is 4.73. The number of nitriles is 1. The Morgan fingerprint density at radius 2 is 1.91 bits per heavy atom. The highest BCUT2D eigenvalue weighted by atomic mass is 32.1. The van der Waals surface area contributed by atoms with Crippen LogP contribution in [-0.4, -0.2) is 11.7 Å².